The van der Waals surface area contributed by atoms with Crippen LogP contribution in [0.15, 0.2) is 0 Å². The molecular formula is C6H11O2S. The second-order valence-electron chi connectivity index (χ2n) is 1.85. The van der Waals surface area contributed by atoms with E-state index in [0.717, 1.165) is 5.75 Å². The highest BCUT2D eigenvalue weighted by Crippen LogP contribution is 2.07. The number of ether oxygens (including phenoxy) is 1. The molecule has 0 N–H and O–H groups in total. The second kappa shape index (κ2) is 5.95. The summed E-state index contributed by atoms with van der Waals surface area (Å²) in [6.45, 7) is 6.07. The van der Waals surface area contributed by atoms with Gasteiger partial charge in [-0.15, -0.1) is 0 Å². The van der Waals surface area contributed by atoms with Crippen LogP contribution < -0.4 is 0 Å². The van der Waals surface area contributed by atoms with Crippen molar-refractivity contribution >= 4 is 18.2 Å². The molecule has 0 fully saturated rings. The Hall–Kier alpha value is -0.180. The average Bonchev–Trinajstić information content (AvgIpc) is 1.80. The summed E-state index contributed by atoms with van der Waals surface area (Å²) in [5.41, 5.74) is 0. The number of carbonyl (C=O) groups excluding carboxylic acids is 1. The summed E-state index contributed by atoms with van der Waals surface area (Å²) in [4.78, 5) is 9.49. The van der Waals surface area contributed by atoms with Crippen LogP contribution in [0.3, 0.4) is 0 Å². The molecule has 0 unspecified atom stereocenters. The Kier molecular flexibility index (Phi) is 5.83. The normalized spacial score (nSPS) is 9.67. The molecule has 0 saturated carbocycles. The van der Waals surface area contributed by atoms with Gasteiger partial charge >= 0.3 is 6.47 Å². The number of thioether (sulfide) groups is 1. The highest BCUT2D eigenvalue weighted by Gasteiger charge is 1.92. The smallest absolute Gasteiger partial charge is 0.417 e. The van der Waals surface area contributed by atoms with Crippen molar-refractivity contribution in [3.05, 3.63) is 0 Å². The van der Waals surface area contributed by atoms with Crippen molar-refractivity contribution in [3.8, 4) is 0 Å². The van der Waals surface area contributed by atoms with Crippen LogP contribution in [0.5, 0.6) is 0 Å². The zero-order valence-corrected chi connectivity index (χ0v) is 6.53. The van der Waals surface area contributed by atoms with Gasteiger partial charge in [0.25, 0.3) is 0 Å². The Morgan fingerprint density at radius 3 is 2.78 bits per heavy atom. The molecule has 2 nitrogen and oxygen atoms in total. The topological polar surface area (TPSA) is 26.3 Å². The molecule has 0 saturated heterocycles. The lowest BCUT2D eigenvalue weighted by Gasteiger charge is -2.01. The molecule has 0 bridgehead atoms. The molecule has 0 heterocycles. The molecule has 0 spiro atoms. The molecule has 0 aromatic carbocycles. The number of hydrogen-bond donors (Lipinski definition) is 0. The van der Waals surface area contributed by atoms with Gasteiger partial charge in [0.05, 0.1) is 0 Å². The maximum Gasteiger partial charge on any atom is 0.417 e. The summed E-state index contributed by atoms with van der Waals surface area (Å²) >= 11 is 1.77. The van der Waals surface area contributed by atoms with Crippen molar-refractivity contribution < 1.29 is 9.53 Å². The van der Waals surface area contributed by atoms with Gasteiger partial charge in [-0.2, -0.15) is 11.8 Å². The number of rotatable bonds is 5. The van der Waals surface area contributed by atoms with E-state index in [1.54, 1.807) is 11.8 Å². The zero-order chi connectivity index (χ0) is 7.11. The first-order valence-corrected chi connectivity index (χ1v) is 3.92. The predicted molar refractivity (Wildman–Crippen MR) is 39.2 cm³/mol. The third-order valence-electron chi connectivity index (χ3n) is 0.696. The summed E-state index contributed by atoms with van der Waals surface area (Å²) in [6.07, 6.45) is 0. The van der Waals surface area contributed by atoms with Gasteiger partial charge in [0, 0.05) is 5.75 Å². The maximum absolute atomic E-state index is 9.49. The van der Waals surface area contributed by atoms with Gasteiger partial charge in [-0.05, 0) is 5.25 Å². The summed E-state index contributed by atoms with van der Waals surface area (Å²) in [5.74, 6) is 0.868. The van der Waals surface area contributed by atoms with Gasteiger partial charge in [-0.1, -0.05) is 13.8 Å². The van der Waals surface area contributed by atoms with Gasteiger partial charge in [0.2, 0.25) is 0 Å². The molecule has 3 heteroatoms. The summed E-state index contributed by atoms with van der Waals surface area (Å²) in [6, 6.07) is 0. The summed E-state index contributed by atoms with van der Waals surface area (Å²) < 4.78 is 4.36. The molecule has 53 valence electrons. The first-order chi connectivity index (χ1) is 4.27. The third-order valence-corrected chi connectivity index (χ3v) is 1.76. The quantitative estimate of drug-likeness (QED) is 0.547. The Bertz CT molecular complexity index is 73.5. The van der Waals surface area contributed by atoms with Gasteiger partial charge in [0.1, 0.15) is 6.61 Å². The second-order valence-corrected chi connectivity index (χ2v) is 3.54. The van der Waals surface area contributed by atoms with Crippen molar-refractivity contribution in [2.24, 2.45) is 0 Å². The fraction of sp³-hybridized carbons (Fsp3) is 0.833. The molecule has 9 heavy (non-hydrogen) atoms. The molecule has 1 radical (unpaired) electrons. The van der Waals surface area contributed by atoms with Crippen LogP contribution in [0.4, 0.5) is 0 Å². The fourth-order valence-electron chi connectivity index (χ4n) is 0.367. The van der Waals surface area contributed by atoms with E-state index in [2.05, 4.69) is 18.6 Å². The van der Waals surface area contributed by atoms with Crippen LogP contribution in [-0.2, 0) is 9.53 Å². The Labute approximate surface area is 60.0 Å². The minimum absolute atomic E-state index is 0.479. The van der Waals surface area contributed by atoms with Gasteiger partial charge in [-0.3, -0.25) is 0 Å². The van der Waals surface area contributed by atoms with Crippen molar-refractivity contribution in [1.82, 2.24) is 0 Å². The van der Waals surface area contributed by atoms with Crippen molar-refractivity contribution in [2.45, 2.75) is 19.1 Å². The standard InChI is InChI=1S/C6H11O2S/c1-6(2)9-4-3-8-5-7/h6H,3-4H2,1-2H3. The Morgan fingerprint density at radius 2 is 2.33 bits per heavy atom. The average molecular weight is 147 g/mol. The minimum Gasteiger partial charge on any atom is -0.456 e. The van der Waals surface area contributed by atoms with E-state index in [0.29, 0.717) is 11.9 Å². The molecule has 0 aromatic rings. The Balaban J connectivity index is 2.82. The SMILES string of the molecule is CC(C)SCCO[C]=O. The highest BCUT2D eigenvalue weighted by molar-refractivity contribution is 7.99. The number of hydrogen-bond acceptors (Lipinski definition) is 3. The van der Waals surface area contributed by atoms with Crippen LogP contribution >= 0.6 is 11.8 Å². The first-order valence-electron chi connectivity index (χ1n) is 2.88. The lowest BCUT2D eigenvalue weighted by atomic mass is 10.6. The van der Waals surface area contributed by atoms with Crippen molar-refractivity contribution in [3.63, 3.8) is 0 Å². The van der Waals surface area contributed by atoms with Crippen LogP contribution in [0.1, 0.15) is 13.8 Å². The van der Waals surface area contributed by atoms with Crippen LogP contribution in [0.25, 0.3) is 0 Å². The van der Waals surface area contributed by atoms with Crippen molar-refractivity contribution in [1.29, 1.82) is 0 Å². The molecule has 0 rings (SSSR count). The minimum atomic E-state index is 0.479. The van der Waals surface area contributed by atoms with E-state index in [4.69, 9.17) is 0 Å². The molecule has 0 amide bonds. The predicted octanol–water partition coefficient (Wildman–Crippen LogP) is 1.21. The summed E-state index contributed by atoms with van der Waals surface area (Å²) in [7, 11) is 0. The maximum atomic E-state index is 9.49. The zero-order valence-electron chi connectivity index (χ0n) is 5.72. The van der Waals surface area contributed by atoms with Crippen LogP contribution in [-0.4, -0.2) is 24.1 Å². The van der Waals surface area contributed by atoms with Crippen LogP contribution in [0, 0.1) is 0 Å². The van der Waals surface area contributed by atoms with Gasteiger partial charge in [-0.25, -0.2) is 4.79 Å². The monoisotopic (exact) mass is 147 g/mol. The van der Waals surface area contributed by atoms with E-state index in [9.17, 15) is 4.79 Å². The lowest BCUT2D eigenvalue weighted by Crippen LogP contribution is -1.97. The van der Waals surface area contributed by atoms with E-state index in [-0.39, 0.29) is 0 Å². The van der Waals surface area contributed by atoms with E-state index in [1.807, 2.05) is 0 Å². The molecule has 0 atom stereocenters. The molecule has 0 aliphatic carbocycles. The third kappa shape index (κ3) is 7.82. The summed E-state index contributed by atoms with van der Waals surface area (Å²) in [5, 5.41) is 0.611. The Morgan fingerprint density at radius 1 is 1.67 bits per heavy atom. The fourth-order valence-corrected chi connectivity index (χ4v) is 1.02. The van der Waals surface area contributed by atoms with E-state index in [1.165, 1.54) is 6.47 Å². The molecular weight excluding hydrogens is 136 g/mol. The molecule has 0 aliphatic heterocycles. The van der Waals surface area contributed by atoms with Gasteiger partial charge in [0.15, 0.2) is 0 Å². The first kappa shape index (κ1) is 8.82. The van der Waals surface area contributed by atoms with Gasteiger partial charge < -0.3 is 4.74 Å². The van der Waals surface area contributed by atoms with Crippen LogP contribution in [0.2, 0.25) is 0 Å². The molecule has 0 aliphatic rings. The molecule has 0 aromatic heterocycles. The van der Waals surface area contributed by atoms with Crippen molar-refractivity contribution in [2.75, 3.05) is 12.4 Å². The largest absolute Gasteiger partial charge is 0.456 e. The van der Waals surface area contributed by atoms with E-state index < -0.39 is 0 Å². The lowest BCUT2D eigenvalue weighted by molar-refractivity contribution is 0.299. The highest BCUT2D eigenvalue weighted by atomic mass is 32.2. The van der Waals surface area contributed by atoms with E-state index >= 15 is 0 Å².